The molecule has 0 radical (unpaired) electrons. The van der Waals surface area contributed by atoms with Crippen LogP contribution in [0.3, 0.4) is 0 Å². The molecule has 1 rings (SSSR count). The zero-order valence-corrected chi connectivity index (χ0v) is 6.90. The highest BCUT2D eigenvalue weighted by Gasteiger charge is 2.12. The molecule has 0 aliphatic heterocycles. The van der Waals surface area contributed by atoms with E-state index in [1.54, 1.807) is 13.2 Å². The third-order valence-corrected chi connectivity index (χ3v) is 1.38. The van der Waals surface area contributed by atoms with Gasteiger partial charge in [0.05, 0.1) is 6.20 Å². The van der Waals surface area contributed by atoms with Crippen LogP contribution in [0.4, 0.5) is 0 Å². The van der Waals surface area contributed by atoms with Crippen molar-refractivity contribution in [1.29, 1.82) is 0 Å². The van der Waals surface area contributed by atoms with Crippen molar-refractivity contribution in [3.05, 3.63) is 11.9 Å². The van der Waals surface area contributed by atoms with E-state index in [0.29, 0.717) is 5.69 Å². The zero-order chi connectivity index (χ0) is 8.43. The Kier molecular flexibility index (Phi) is 2.03. The fourth-order valence-electron chi connectivity index (χ4n) is 0.756. The number of hydrogen-bond acceptors (Lipinski definition) is 3. The molecule has 4 nitrogen and oxygen atoms in total. The molecule has 0 bridgehead atoms. The molecular formula is C7H11N3O. The summed E-state index contributed by atoms with van der Waals surface area (Å²) in [5.74, 6) is 0.0322. The molecular weight excluding hydrogens is 142 g/mol. The number of nitrogens with zero attached hydrogens (tertiary/aromatic N) is 3. The lowest BCUT2D eigenvalue weighted by molar-refractivity contribution is 0.0934. The van der Waals surface area contributed by atoms with Gasteiger partial charge < -0.3 is 0 Å². The standard InChI is InChI=1S/C7H11N3O/c1-5(2)7(11)6-4-10(3)9-8-6/h4-5H,1-3H3. The van der Waals surface area contributed by atoms with E-state index in [-0.39, 0.29) is 11.7 Å². The Hall–Kier alpha value is -1.19. The summed E-state index contributed by atoms with van der Waals surface area (Å²) in [5, 5.41) is 7.37. The first-order valence-electron chi connectivity index (χ1n) is 3.52. The normalized spacial score (nSPS) is 10.5. The first-order valence-corrected chi connectivity index (χ1v) is 3.52. The third-order valence-electron chi connectivity index (χ3n) is 1.38. The highest BCUT2D eigenvalue weighted by molar-refractivity contribution is 5.95. The van der Waals surface area contributed by atoms with Gasteiger partial charge in [-0.05, 0) is 0 Å². The predicted octanol–water partition coefficient (Wildman–Crippen LogP) is 0.654. The second kappa shape index (κ2) is 2.82. The Morgan fingerprint density at radius 1 is 1.64 bits per heavy atom. The molecule has 0 atom stereocenters. The number of hydrogen-bond donors (Lipinski definition) is 0. The number of Topliss-reactive ketones (excluding diaryl/α,β-unsaturated/α-hetero) is 1. The van der Waals surface area contributed by atoms with Crippen LogP contribution in [0.5, 0.6) is 0 Å². The fraction of sp³-hybridized carbons (Fsp3) is 0.571. The molecule has 1 aromatic heterocycles. The Labute approximate surface area is 65.2 Å². The Balaban J connectivity index is 2.85. The molecule has 0 amide bonds. The lowest BCUT2D eigenvalue weighted by atomic mass is 10.1. The maximum atomic E-state index is 11.2. The van der Waals surface area contributed by atoms with Crippen LogP contribution in [0.1, 0.15) is 24.3 Å². The van der Waals surface area contributed by atoms with Gasteiger partial charge in [-0.3, -0.25) is 9.48 Å². The summed E-state index contributed by atoms with van der Waals surface area (Å²) in [5.41, 5.74) is 0.447. The van der Waals surface area contributed by atoms with E-state index in [4.69, 9.17) is 0 Å². The maximum absolute atomic E-state index is 11.2. The van der Waals surface area contributed by atoms with Crippen LogP contribution >= 0.6 is 0 Å². The van der Waals surface area contributed by atoms with E-state index in [1.165, 1.54) is 4.68 Å². The summed E-state index contributed by atoms with van der Waals surface area (Å²) in [6.07, 6.45) is 1.63. The van der Waals surface area contributed by atoms with Crippen molar-refractivity contribution in [1.82, 2.24) is 15.0 Å². The third kappa shape index (κ3) is 1.63. The molecule has 1 aromatic rings. The van der Waals surface area contributed by atoms with Crippen LogP contribution in [0.25, 0.3) is 0 Å². The van der Waals surface area contributed by atoms with Crippen molar-refractivity contribution >= 4 is 5.78 Å². The summed E-state index contributed by atoms with van der Waals surface area (Å²) in [4.78, 5) is 11.2. The molecule has 60 valence electrons. The monoisotopic (exact) mass is 153 g/mol. The van der Waals surface area contributed by atoms with E-state index in [0.717, 1.165) is 0 Å². The van der Waals surface area contributed by atoms with Crippen molar-refractivity contribution in [3.63, 3.8) is 0 Å². The van der Waals surface area contributed by atoms with Gasteiger partial charge in [0.25, 0.3) is 0 Å². The number of carbonyl (C=O) groups is 1. The van der Waals surface area contributed by atoms with Gasteiger partial charge in [-0.15, -0.1) is 5.10 Å². The van der Waals surface area contributed by atoms with Crippen molar-refractivity contribution in [2.75, 3.05) is 0 Å². The number of aromatic nitrogens is 3. The highest BCUT2D eigenvalue weighted by Crippen LogP contribution is 2.02. The van der Waals surface area contributed by atoms with Crippen LogP contribution in [-0.4, -0.2) is 20.8 Å². The number of aryl methyl sites for hydroxylation is 1. The Morgan fingerprint density at radius 2 is 2.27 bits per heavy atom. The smallest absolute Gasteiger partial charge is 0.187 e. The van der Waals surface area contributed by atoms with Gasteiger partial charge in [-0.2, -0.15) is 0 Å². The molecule has 0 aromatic carbocycles. The number of carbonyl (C=O) groups excluding carboxylic acids is 1. The molecule has 0 saturated heterocycles. The Morgan fingerprint density at radius 3 is 2.64 bits per heavy atom. The lowest BCUT2D eigenvalue weighted by Crippen LogP contribution is -2.07. The van der Waals surface area contributed by atoms with Gasteiger partial charge in [-0.25, -0.2) is 0 Å². The van der Waals surface area contributed by atoms with Crippen LogP contribution in [0, 0.1) is 5.92 Å². The zero-order valence-electron chi connectivity index (χ0n) is 6.90. The van der Waals surface area contributed by atoms with Crippen LogP contribution in [0.15, 0.2) is 6.20 Å². The predicted molar refractivity (Wildman–Crippen MR) is 40.2 cm³/mol. The van der Waals surface area contributed by atoms with Gasteiger partial charge in [0, 0.05) is 13.0 Å². The minimum Gasteiger partial charge on any atom is -0.292 e. The van der Waals surface area contributed by atoms with Gasteiger partial charge in [0.15, 0.2) is 5.78 Å². The second-order valence-corrected chi connectivity index (χ2v) is 2.80. The van der Waals surface area contributed by atoms with Gasteiger partial charge in [0.2, 0.25) is 0 Å². The van der Waals surface area contributed by atoms with Crippen molar-refractivity contribution in [3.8, 4) is 0 Å². The first kappa shape index (κ1) is 7.91. The molecule has 0 aliphatic carbocycles. The highest BCUT2D eigenvalue weighted by atomic mass is 16.1. The van der Waals surface area contributed by atoms with E-state index in [1.807, 2.05) is 13.8 Å². The summed E-state index contributed by atoms with van der Waals surface area (Å²) in [6, 6.07) is 0. The summed E-state index contributed by atoms with van der Waals surface area (Å²) in [7, 11) is 1.74. The summed E-state index contributed by atoms with van der Waals surface area (Å²) >= 11 is 0. The van der Waals surface area contributed by atoms with Crippen LogP contribution in [0.2, 0.25) is 0 Å². The van der Waals surface area contributed by atoms with E-state index in [9.17, 15) is 4.79 Å². The lowest BCUT2D eigenvalue weighted by Gasteiger charge is -1.96. The van der Waals surface area contributed by atoms with Crippen LogP contribution < -0.4 is 0 Å². The average Bonchev–Trinajstić information content (AvgIpc) is 2.34. The molecule has 0 N–H and O–H groups in total. The second-order valence-electron chi connectivity index (χ2n) is 2.80. The minimum atomic E-state index is -0.00769. The molecule has 0 saturated carbocycles. The summed E-state index contributed by atoms with van der Waals surface area (Å²) in [6.45, 7) is 3.69. The molecule has 0 unspecified atom stereocenters. The summed E-state index contributed by atoms with van der Waals surface area (Å²) < 4.78 is 1.52. The Bertz CT molecular complexity index is 264. The molecule has 11 heavy (non-hydrogen) atoms. The maximum Gasteiger partial charge on any atom is 0.187 e. The van der Waals surface area contributed by atoms with Crippen molar-refractivity contribution in [2.45, 2.75) is 13.8 Å². The van der Waals surface area contributed by atoms with Crippen molar-refractivity contribution in [2.24, 2.45) is 13.0 Å². The SMILES string of the molecule is CC(C)C(=O)c1cn(C)nn1. The number of ketones is 1. The first-order chi connectivity index (χ1) is 5.11. The van der Waals surface area contributed by atoms with E-state index in [2.05, 4.69) is 10.3 Å². The van der Waals surface area contributed by atoms with E-state index >= 15 is 0 Å². The topological polar surface area (TPSA) is 47.8 Å². The minimum absolute atomic E-state index is 0.00769. The average molecular weight is 153 g/mol. The molecule has 4 heteroatoms. The van der Waals surface area contributed by atoms with Crippen molar-refractivity contribution < 1.29 is 4.79 Å². The van der Waals surface area contributed by atoms with Gasteiger partial charge in [-0.1, -0.05) is 19.1 Å². The molecule has 0 aliphatic rings. The van der Waals surface area contributed by atoms with Crippen LogP contribution in [-0.2, 0) is 7.05 Å². The van der Waals surface area contributed by atoms with Gasteiger partial charge in [0.1, 0.15) is 5.69 Å². The largest absolute Gasteiger partial charge is 0.292 e. The molecule has 0 spiro atoms. The molecule has 0 fully saturated rings. The van der Waals surface area contributed by atoms with Gasteiger partial charge >= 0.3 is 0 Å². The quantitative estimate of drug-likeness (QED) is 0.586. The fourth-order valence-corrected chi connectivity index (χ4v) is 0.756. The number of rotatable bonds is 2. The molecule has 1 heterocycles. The van der Waals surface area contributed by atoms with E-state index < -0.39 is 0 Å².